The van der Waals surface area contributed by atoms with Crippen LogP contribution in [0.3, 0.4) is 0 Å². The van der Waals surface area contributed by atoms with Crippen LogP contribution in [0.5, 0.6) is 11.5 Å². The monoisotopic (exact) mass is 398 g/mol. The summed E-state index contributed by atoms with van der Waals surface area (Å²) in [5, 5.41) is 0. The average molecular weight is 399 g/mol. The summed E-state index contributed by atoms with van der Waals surface area (Å²) in [7, 11) is 0. The van der Waals surface area contributed by atoms with E-state index in [0.29, 0.717) is 23.0 Å². The molecule has 2 aromatic carbocycles. The maximum absolute atomic E-state index is 14.7. The van der Waals surface area contributed by atoms with Crippen molar-refractivity contribution in [3.63, 3.8) is 0 Å². The Bertz CT molecular complexity index is 784. The molecule has 0 radical (unpaired) electrons. The lowest BCUT2D eigenvalue weighted by molar-refractivity contribution is 0.301. The maximum Gasteiger partial charge on any atom is 0.166 e. The van der Waals surface area contributed by atoms with Crippen LogP contribution in [-0.4, -0.2) is 0 Å². The number of benzene rings is 2. The van der Waals surface area contributed by atoms with Crippen LogP contribution in [0.4, 0.5) is 15.8 Å². The van der Waals surface area contributed by atoms with Gasteiger partial charge in [0.05, 0.1) is 5.69 Å². The van der Waals surface area contributed by atoms with Gasteiger partial charge in [-0.3, -0.25) is 0 Å². The van der Waals surface area contributed by atoms with Crippen LogP contribution in [0.2, 0.25) is 0 Å². The van der Waals surface area contributed by atoms with E-state index >= 15 is 0 Å². The zero-order valence-electron chi connectivity index (χ0n) is 17.6. The summed E-state index contributed by atoms with van der Waals surface area (Å²) in [6.07, 6.45) is 13.0. The predicted octanol–water partition coefficient (Wildman–Crippen LogP) is 7.42. The summed E-state index contributed by atoms with van der Waals surface area (Å²) in [6, 6.07) is 10.3. The van der Waals surface area contributed by atoms with Crippen molar-refractivity contribution in [1.82, 2.24) is 0 Å². The van der Waals surface area contributed by atoms with Crippen molar-refractivity contribution in [2.24, 2.45) is 5.92 Å². The normalized spacial score (nSPS) is 19.2. The van der Waals surface area contributed by atoms with E-state index in [9.17, 15) is 4.39 Å². The van der Waals surface area contributed by atoms with Crippen molar-refractivity contribution in [3.8, 4) is 11.5 Å². The van der Waals surface area contributed by atoms with Crippen molar-refractivity contribution in [3.05, 3.63) is 47.8 Å². The minimum Gasteiger partial charge on any atom is -0.452 e. The molecule has 0 heterocycles. The summed E-state index contributed by atoms with van der Waals surface area (Å²) in [6.45, 7) is 2.26. The molecule has 29 heavy (non-hydrogen) atoms. The molecular formula is C25H35FN2O. The molecule has 4 heteroatoms. The molecule has 158 valence electrons. The summed E-state index contributed by atoms with van der Waals surface area (Å²) >= 11 is 0. The molecule has 0 atom stereocenters. The maximum atomic E-state index is 14.7. The van der Waals surface area contributed by atoms with Crippen LogP contribution in [0.25, 0.3) is 0 Å². The van der Waals surface area contributed by atoms with Crippen LogP contribution in [0.15, 0.2) is 36.4 Å². The fourth-order valence-electron chi connectivity index (χ4n) is 4.45. The third-order valence-corrected chi connectivity index (χ3v) is 6.24. The molecule has 3 rings (SSSR count). The Morgan fingerprint density at radius 3 is 2.31 bits per heavy atom. The Balaban J connectivity index is 1.51. The third kappa shape index (κ3) is 6.12. The van der Waals surface area contributed by atoms with Gasteiger partial charge in [0.1, 0.15) is 0 Å². The van der Waals surface area contributed by atoms with Crippen LogP contribution in [0, 0.1) is 11.7 Å². The number of anilines is 2. The van der Waals surface area contributed by atoms with Gasteiger partial charge in [0.2, 0.25) is 0 Å². The molecule has 4 N–H and O–H groups in total. The summed E-state index contributed by atoms with van der Waals surface area (Å²) < 4.78 is 20.3. The number of rotatable bonds is 9. The molecule has 0 unspecified atom stereocenters. The molecule has 1 aliphatic carbocycles. The number of unbranched alkanes of at least 4 members (excludes halogenated alkanes) is 4. The molecule has 2 aromatic rings. The first-order valence-corrected chi connectivity index (χ1v) is 11.2. The minimum atomic E-state index is -0.336. The Morgan fingerprint density at radius 2 is 1.62 bits per heavy atom. The van der Waals surface area contributed by atoms with E-state index in [1.807, 2.05) is 6.07 Å². The summed E-state index contributed by atoms with van der Waals surface area (Å²) in [4.78, 5) is 0. The van der Waals surface area contributed by atoms with Crippen molar-refractivity contribution < 1.29 is 9.13 Å². The number of hydrogen-bond donors (Lipinski definition) is 2. The van der Waals surface area contributed by atoms with Gasteiger partial charge in [-0.05, 0) is 73.4 Å². The number of nitrogen functional groups attached to an aromatic ring is 2. The predicted molar refractivity (Wildman–Crippen MR) is 120 cm³/mol. The van der Waals surface area contributed by atoms with E-state index in [2.05, 4.69) is 6.92 Å². The second-order valence-electron chi connectivity index (χ2n) is 8.51. The molecular weight excluding hydrogens is 363 g/mol. The molecule has 3 nitrogen and oxygen atoms in total. The van der Waals surface area contributed by atoms with Crippen LogP contribution < -0.4 is 16.2 Å². The first-order valence-electron chi connectivity index (χ1n) is 11.2. The number of nitrogens with two attached hydrogens (primary N) is 2. The fraction of sp³-hybridized carbons (Fsp3) is 0.520. The van der Waals surface area contributed by atoms with Crippen LogP contribution in [0.1, 0.15) is 82.6 Å². The molecule has 0 amide bonds. The zero-order chi connectivity index (χ0) is 20.6. The molecule has 1 fully saturated rings. The molecule has 0 aromatic heterocycles. The highest BCUT2D eigenvalue weighted by atomic mass is 19.1. The first kappa shape index (κ1) is 21.5. The fourth-order valence-corrected chi connectivity index (χ4v) is 4.45. The van der Waals surface area contributed by atoms with Gasteiger partial charge in [0.15, 0.2) is 17.3 Å². The van der Waals surface area contributed by atoms with Gasteiger partial charge in [0, 0.05) is 5.69 Å². The lowest BCUT2D eigenvalue weighted by atomic mass is 9.77. The minimum absolute atomic E-state index is 0.200. The molecule has 0 saturated heterocycles. The Hall–Kier alpha value is -2.23. The van der Waals surface area contributed by atoms with Gasteiger partial charge in [-0.25, -0.2) is 4.39 Å². The molecule has 1 aliphatic rings. The highest BCUT2D eigenvalue weighted by molar-refractivity contribution is 5.61. The van der Waals surface area contributed by atoms with E-state index in [-0.39, 0.29) is 11.6 Å². The third-order valence-electron chi connectivity index (χ3n) is 6.24. The van der Waals surface area contributed by atoms with Crippen LogP contribution >= 0.6 is 0 Å². The SMILES string of the molecule is CCCCCCCC1CCC(c2ccc(Oc3ccc(N)cc3N)c(F)c2)CC1. The Labute approximate surface area is 174 Å². The zero-order valence-corrected chi connectivity index (χ0v) is 17.6. The second kappa shape index (κ2) is 10.5. The smallest absolute Gasteiger partial charge is 0.166 e. The largest absolute Gasteiger partial charge is 0.452 e. The quantitative estimate of drug-likeness (QED) is 0.341. The molecule has 0 aliphatic heterocycles. The van der Waals surface area contributed by atoms with E-state index in [1.165, 1.54) is 51.4 Å². The van der Waals surface area contributed by atoms with Gasteiger partial charge >= 0.3 is 0 Å². The number of hydrogen-bond acceptors (Lipinski definition) is 3. The van der Waals surface area contributed by atoms with E-state index in [4.69, 9.17) is 16.2 Å². The number of ether oxygens (including phenoxy) is 1. The van der Waals surface area contributed by atoms with Crippen LogP contribution in [-0.2, 0) is 0 Å². The van der Waals surface area contributed by atoms with Gasteiger partial charge in [-0.2, -0.15) is 0 Å². The van der Waals surface area contributed by atoms with Gasteiger partial charge in [-0.15, -0.1) is 0 Å². The highest BCUT2D eigenvalue weighted by Gasteiger charge is 2.23. The topological polar surface area (TPSA) is 61.3 Å². The lowest BCUT2D eigenvalue weighted by Gasteiger charge is -2.29. The number of halogens is 1. The van der Waals surface area contributed by atoms with Crippen molar-refractivity contribution in [2.45, 2.75) is 77.0 Å². The van der Waals surface area contributed by atoms with Gasteiger partial charge < -0.3 is 16.2 Å². The summed E-state index contributed by atoms with van der Waals surface area (Å²) in [5.41, 5.74) is 13.7. The Morgan fingerprint density at radius 1 is 0.897 bits per heavy atom. The summed E-state index contributed by atoms with van der Waals surface area (Å²) in [5.74, 6) is 1.60. The standard InChI is InChI=1S/C25H35FN2O/c1-2-3-4-5-6-7-18-8-10-19(11-9-18)20-12-14-24(22(26)16-20)29-25-15-13-21(27)17-23(25)28/h12-19H,2-11,27-28H2,1H3. The van der Waals surface area contributed by atoms with Gasteiger partial charge in [-0.1, -0.05) is 51.5 Å². The van der Waals surface area contributed by atoms with Crippen molar-refractivity contribution in [2.75, 3.05) is 11.5 Å². The van der Waals surface area contributed by atoms with Crippen molar-refractivity contribution in [1.29, 1.82) is 0 Å². The van der Waals surface area contributed by atoms with E-state index < -0.39 is 0 Å². The second-order valence-corrected chi connectivity index (χ2v) is 8.51. The average Bonchev–Trinajstić information content (AvgIpc) is 2.71. The molecule has 0 bridgehead atoms. The van der Waals surface area contributed by atoms with E-state index in [0.717, 1.165) is 24.3 Å². The van der Waals surface area contributed by atoms with E-state index in [1.54, 1.807) is 30.3 Å². The Kier molecular flexibility index (Phi) is 7.79. The molecule has 1 saturated carbocycles. The highest BCUT2D eigenvalue weighted by Crippen LogP contribution is 2.39. The molecule has 0 spiro atoms. The lowest BCUT2D eigenvalue weighted by Crippen LogP contribution is -2.13. The van der Waals surface area contributed by atoms with Gasteiger partial charge in [0.25, 0.3) is 0 Å². The first-order chi connectivity index (χ1) is 14.1. The van der Waals surface area contributed by atoms with Crippen molar-refractivity contribution >= 4 is 11.4 Å².